The van der Waals surface area contributed by atoms with E-state index in [0.717, 1.165) is 4.90 Å². The van der Waals surface area contributed by atoms with Crippen molar-refractivity contribution in [2.24, 2.45) is 0 Å². The maximum absolute atomic E-state index is 13.0. The van der Waals surface area contributed by atoms with Crippen molar-refractivity contribution in [3.63, 3.8) is 0 Å². The quantitative estimate of drug-likeness (QED) is 0.0459. The Morgan fingerprint density at radius 3 is 1.34 bits per heavy atom. The summed E-state index contributed by atoms with van der Waals surface area (Å²) in [4.78, 5) is 72.5. The molecule has 0 fully saturated rings. The minimum atomic E-state index is -0.935. The number of methoxy groups -OCH3 is 1. The van der Waals surface area contributed by atoms with Crippen LogP contribution < -0.4 is 16.0 Å². The summed E-state index contributed by atoms with van der Waals surface area (Å²) in [5.74, 6) is -2.76. The van der Waals surface area contributed by atoms with E-state index in [4.69, 9.17) is 43.0 Å². The van der Waals surface area contributed by atoms with Gasteiger partial charge >= 0.3 is 18.0 Å². The van der Waals surface area contributed by atoms with Gasteiger partial charge in [-0.2, -0.15) is 0 Å². The van der Waals surface area contributed by atoms with Gasteiger partial charge in [0.1, 0.15) is 18.7 Å². The number of carboxylic acid groups (broad SMARTS) is 1. The van der Waals surface area contributed by atoms with Crippen molar-refractivity contribution in [3.8, 4) is 0 Å². The third-order valence-electron chi connectivity index (χ3n) is 6.16. The molecule has 0 aromatic heterocycles. The molecule has 53 heavy (non-hydrogen) atoms. The summed E-state index contributed by atoms with van der Waals surface area (Å²) in [5.41, 5.74) is -0.640. The van der Waals surface area contributed by atoms with Gasteiger partial charge in [-0.3, -0.25) is 24.0 Å². The van der Waals surface area contributed by atoms with Crippen LogP contribution in [0, 0.1) is 0 Å². The molecule has 0 aliphatic heterocycles. The fourth-order valence-electron chi connectivity index (χ4n) is 3.68. The highest BCUT2D eigenvalue weighted by Gasteiger charge is 2.20. The van der Waals surface area contributed by atoms with Gasteiger partial charge in [0, 0.05) is 19.6 Å². The van der Waals surface area contributed by atoms with Gasteiger partial charge < -0.3 is 68.6 Å². The molecule has 0 aliphatic carbocycles. The van der Waals surface area contributed by atoms with Gasteiger partial charge in [-0.05, 0) is 20.8 Å². The van der Waals surface area contributed by atoms with E-state index in [-0.39, 0.29) is 131 Å². The van der Waals surface area contributed by atoms with Crippen LogP contribution in [0.4, 0.5) is 4.79 Å². The van der Waals surface area contributed by atoms with Gasteiger partial charge in [0.25, 0.3) is 0 Å². The predicted molar refractivity (Wildman–Crippen MR) is 186 cm³/mol. The van der Waals surface area contributed by atoms with Gasteiger partial charge in [-0.1, -0.05) is 0 Å². The molecule has 0 heterocycles. The molecule has 0 atom stereocenters. The van der Waals surface area contributed by atoms with E-state index < -0.39 is 35.4 Å². The number of rotatable bonds is 34. The number of carbonyl (C=O) groups is 6. The molecule has 0 spiro atoms. The average molecular weight is 769 g/mol. The first-order valence-electron chi connectivity index (χ1n) is 17.4. The molecular weight excluding hydrogens is 708 g/mol. The molecule has 0 aromatic rings. The Balaban J connectivity index is 4.46. The summed E-state index contributed by atoms with van der Waals surface area (Å²) in [7, 11) is 1.31. The number of amides is 4. The van der Waals surface area contributed by atoms with E-state index in [0.29, 0.717) is 19.8 Å². The normalized spacial score (nSPS) is 11.1. The standard InChI is InChI=1S/C33H60N4O16/c1-33(2,3)53-32(44)36-10-16-46-11-5-29(40)37(25-27(38)34-8-14-49-19-23-51-21-17-47-12-6-30(41)42)26-28(39)35-9-15-50-20-24-52-22-18-48-13-7-31(43)45-4/h5-26H2,1-4H3,(H,34,38)(H,35,39)(H,36,44)(H,41,42). The fraction of sp³-hybridized carbons (Fsp3) is 0.818. The zero-order valence-electron chi connectivity index (χ0n) is 31.6. The van der Waals surface area contributed by atoms with Gasteiger partial charge in [-0.15, -0.1) is 0 Å². The maximum Gasteiger partial charge on any atom is 0.407 e. The smallest absolute Gasteiger partial charge is 0.407 e. The molecule has 0 bridgehead atoms. The maximum atomic E-state index is 13.0. The first-order valence-corrected chi connectivity index (χ1v) is 17.4. The minimum Gasteiger partial charge on any atom is -0.481 e. The molecular formula is C33H60N4O16. The first kappa shape index (κ1) is 49.3. The lowest BCUT2D eigenvalue weighted by Crippen LogP contribution is -2.46. The largest absolute Gasteiger partial charge is 0.481 e. The van der Waals surface area contributed by atoms with Crippen molar-refractivity contribution in [1.82, 2.24) is 20.9 Å². The second-order valence-electron chi connectivity index (χ2n) is 11.9. The summed E-state index contributed by atoms with van der Waals surface area (Å²) in [6.45, 7) is 8.09. The van der Waals surface area contributed by atoms with Crippen molar-refractivity contribution < 1.29 is 76.5 Å². The van der Waals surface area contributed by atoms with E-state index in [9.17, 15) is 28.8 Å². The Labute approximate surface area is 311 Å². The number of hydrogen-bond acceptors (Lipinski definition) is 15. The third kappa shape index (κ3) is 35.2. The van der Waals surface area contributed by atoms with Crippen LogP contribution in [0.5, 0.6) is 0 Å². The summed E-state index contributed by atoms with van der Waals surface area (Å²) < 4.78 is 47.0. The summed E-state index contributed by atoms with van der Waals surface area (Å²) in [6.07, 6.45) is -0.610. The molecule has 20 nitrogen and oxygen atoms in total. The van der Waals surface area contributed by atoms with Gasteiger partial charge in [0.15, 0.2) is 0 Å². The summed E-state index contributed by atoms with van der Waals surface area (Å²) in [6, 6.07) is 0. The molecule has 0 radical (unpaired) electrons. The van der Waals surface area contributed by atoms with Gasteiger partial charge in [-0.25, -0.2) is 4.79 Å². The monoisotopic (exact) mass is 768 g/mol. The molecule has 0 saturated carbocycles. The fourth-order valence-corrected chi connectivity index (χ4v) is 3.68. The lowest BCUT2D eigenvalue weighted by molar-refractivity contribution is -0.142. The summed E-state index contributed by atoms with van der Waals surface area (Å²) in [5, 5.41) is 16.4. The second kappa shape index (κ2) is 32.9. The number of esters is 1. The number of aliphatic carboxylic acids is 1. The van der Waals surface area contributed by atoms with Crippen LogP contribution in [0.2, 0.25) is 0 Å². The Bertz CT molecular complexity index is 1030. The molecule has 0 unspecified atom stereocenters. The van der Waals surface area contributed by atoms with Crippen molar-refractivity contribution in [2.75, 3.05) is 132 Å². The van der Waals surface area contributed by atoms with E-state index >= 15 is 0 Å². The number of alkyl carbamates (subject to hydrolysis) is 1. The Morgan fingerprint density at radius 1 is 0.528 bits per heavy atom. The lowest BCUT2D eigenvalue weighted by Gasteiger charge is -2.22. The van der Waals surface area contributed by atoms with Crippen LogP contribution in [-0.2, 0) is 66.6 Å². The molecule has 308 valence electrons. The Morgan fingerprint density at radius 2 is 0.906 bits per heavy atom. The zero-order chi connectivity index (χ0) is 39.6. The number of hydrogen-bond donors (Lipinski definition) is 4. The molecule has 0 saturated heterocycles. The van der Waals surface area contributed by atoms with Crippen LogP contribution in [-0.4, -0.2) is 184 Å². The number of nitrogens with zero attached hydrogens (tertiary/aromatic N) is 1. The van der Waals surface area contributed by atoms with Crippen molar-refractivity contribution in [2.45, 2.75) is 45.6 Å². The van der Waals surface area contributed by atoms with E-state index in [1.807, 2.05) is 0 Å². The SMILES string of the molecule is COC(=O)CCOCCOCCOCCNC(=O)CN(CC(=O)NCCOCCOCCOCCC(=O)O)C(=O)CCOCCNC(=O)OC(C)(C)C. The van der Waals surface area contributed by atoms with Crippen LogP contribution in [0.25, 0.3) is 0 Å². The highest BCUT2D eigenvalue weighted by molar-refractivity contribution is 5.89. The first-order chi connectivity index (χ1) is 25.3. The second-order valence-corrected chi connectivity index (χ2v) is 11.9. The van der Waals surface area contributed by atoms with Crippen molar-refractivity contribution in [3.05, 3.63) is 0 Å². The van der Waals surface area contributed by atoms with Crippen LogP contribution in [0.15, 0.2) is 0 Å². The predicted octanol–water partition coefficient (Wildman–Crippen LogP) is -0.884. The average Bonchev–Trinajstić information content (AvgIpc) is 3.09. The third-order valence-corrected chi connectivity index (χ3v) is 6.16. The highest BCUT2D eigenvalue weighted by Crippen LogP contribution is 2.06. The zero-order valence-corrected chi connectivity index (χ0v) is 31.6. The van der Waals surface area contributed by atoms with Crippen molar-refractivity contribution >= 4 is 35.8 Å². The number of nitrogens with one attached hydrogen (secondary N) is 3. The lowest BCUT2D eigenvalue weighted by atomic mass is 10.2. The summed E-state index contributed by atoms with van der Waals surface area (Å²) >= 11 is 0. The molecule has 0 aromatic carbocycles. The number of carboxylic acids is 1. The van der Waals surface area contributed by atoms with Gasteiger partial charge in [0.05, 0.1) is 119 Å². The van der Waals surface area contributed by atoms with Crippen LogP contribution >= 0.6 is 0 Å². The molecule has 0 rings (SSSR count). The molecule has 20 heteroatoms. The number of ether oxygens (including phenoxy) is 9. The minimum absolute atomic E-state index is 0.00549. The molecule has 0 aliphatic rings. The highest BCUT2D eigenvalue weighted by atomic mass is 16.6. The van der Waals surface area contributed by atoms with Crippen molar-refractivity contribution in [1.29, 1.82) is 0 Å². The number of carbonyl (C=O) groups excluding carboxylic acids is 5. The van der Waals surface area contributed by atoms with Gasteiger partial charge in [0.2, 0.25) is 17.7 Å². The topological polar surface area (TPSA) is 245 Å². The molecule has 4 N–H and O–H groups in total. The Kier molecular flexibility index (Phi) is 30.7. The van der Waals surface area contributed by atoms with Crippen LogP contribution in [0.1, 0.15) is 40.0 Å². The van der Waals surface area contributed by atoms with E-state index in [2.05, 4.69) is 20.7 Å². The Hall–Kier alpha value is -3.66. The van der Waals surface area contributed by atoms with E-state index in [1.54, 1.807) is 20.8 Å². The molecule has 4 amide bonds. The van der Waals surface area contributed by atoms with E-state index in [1.165, 1.54) is 7.11 Å². The van der Waals surface area contributed by atoms with Crippen LogP contribution in [0.3, 0.4) is 0 Å².